The number of hydrogen-bond donors (Lipinski definition) is 5. The van der Waals surface area contributed by atoms with E-state index in [2.05, 4.69) is 10.6 Å². The quantitative estimate of drug-likeness (QED) is 0.274. The van der Waals surface area contributed by atoms with E-state index in [-0.39, 0.29) is 6.54 Å². The number of rotatable bonds is 9. The summed E-state index contributed by atoms with van der Waals surface area (Å²) < 4.78 is 4.77. The molecule has 7 nitrogen and oxygen atoms in total. The summed E-state index contributed by atoms with van der Waals surface area (Å²) in [6.07, 6.45) is 0. The molecule has 0 saturated heterocycles. The first-order valence-corrected chi connectivity index (χ1v) is 4.97. The Morgan fingerprint density at radius 1 is 1.25 bits per heavy atom. The molecule has 96 valence electrons. The van der Waals surface area contributed by atoms with Gasteiger partial charge in [-0.25, -0.2) is 0 Å². The van der Waals surface area contributed by atoms with Crippen LogP contribution in [0.15, 0.2) is 0 Å². The van der Waals surface area contributed by atoms with Crippen LogP contribution in [0.2, 0.25) is 0 Å². The van der Waals surface area contributed by atoms with Crippen molar-refractivity contribution in [3.8, 4) is 0 Å². The maximum Gasteiger partial charge on any atom is 0.234 e. The SMILES string of the molecule is COCCNCC(=O)NC(CO)(CO)CO. The molecule has 0 rings (SSSR count). The van der Waals surface area contributed by atoms with Crippen molar-refractivity contribution in [3.05, 3.63) is 0 Å². The van der Waals surface area contributed by atoms with Crippen molar-refractivity contribution in [2.45, 2.75) is 5.54 Å². The van der Waals surface area contributed by atoms with Crippen LogP contribution < -0.4 is 10.6 Å². The average molecular weight is 236 g/mol. The van der Waals surface area contributed by atoms with Crippen LogP contribution in [0.3, 0.4) is 0 Å². The zero-order chi connectivity index (χ0) is 12.4. The summed E-state index contributed by atoms with van der Waals surface area (Å²) in [5, 5.41) is 32.0. The molecule has 0 aromatic carbocycles. The van der Waals surface area contributed by atoms with Crippen LogP contribution in [-0.4, -0.2) is 73.4 Å². The molecule has 0 fully saturated rings. The van der Waals surface area contributed by atoms with Crippen LogP contribution in [0.5, 0.6) is 0 Å². The zero-order valence-corrected chi connectivity index (χ0v) is 9.40. The molecule has 0 unspecified atom stereocenters. The Hall–Kier alpha value is -0.730. The topological polar surface area (TPSA) is 111 Å². The second kappa shape index (κ2) is 8.43. The Labute approximate surface area is 94.4 Å². The number of carbonyl (C=O) groups is 1. The normalized spacial score (nSPS) is 11.5. The third kappa shape index (κ3) is 5.38. The Bertz CT molecular complexity index is 188. The number of nitrogens with one attached hydrogen (secondary N) is 2. The molecule has 0 aromatic rings. The molecular weight excluding hydrogens is 216 g/mol. The largest absolute Gasteiger partial charge is 0.394 e. The number of aliphatic hydroxyl groups excluding tert-OH is 3. The highest BCUT2D eigenvalue weighted by Gasteiger charge is 2.29. The highest BCUT2D eigenvalue weighted by atomic mass is 16.5. The summed E-state index contributed by atoms with van der Waals surface area (Å²) >= 11 is 0. The van der Waals surface area contributed by atoms with Crippen LogP contribution in [-0.2, 0) is 9.53 Å². The van der Waals surface area contributed by atoms with Crippen molar-refractivity contribution < 1.29 is 24.9 Å². The van der Waals surface area contributed by atoms with E-state index >= 15 is 0 Å². The number of ether oxygens (including phenoxy) is 1. The third-order valence-corrected chi connectivity index (χ3v) is 2.08. The fourth-order valence-corrected chi connectivity index (χ4v) is 0.985. The summed E-state index contributed by atoms with van der Waals surface area (Å²) in [6.45, 7) is -0.532. The third-order valence-electron chi connectivity index (χ3n) is 2.08. The minimum Gasteiger partial charge on any atom is -0.394 e. The first kappa shape index (κ1) is 15.3. The fraction of sp³-hybridized carbons (Fsp3) is 0.889. The highest BCUT2D eigenvalue weighted by Crippen LogP contribution is 2.00. The fourth-order valence-electron chi connectivity index (χ4n) is 0.985. The lowest BCUT2D eigenvalue weighted by Gasteiger charge is -2.28. The molecule has 1 amide bonds. The van der Waals surface area contributed by atoms with Gasteiger partial charge < -0.3 is 30.7 Å². The van der Waals surface area contributed by atoms with Gasteiger partial charge in [0, 0.05) is 13.7 Å². The van der Waals surface area contributed by atoms with Gasteiger partial charge in [-0.1, -0.05) is 0 Å². The zero-order valence-electron chi connectivity index (χ0n) is 9.40. The van der Waals surface area contributed by atoms with E-state index in [1.165, 1.54) is 0 Å². The predicted molar refractivity (Wildman–Crippen MR) is 56.9 cm³/mol. The molecule has 16 heavy (non-hydrogen) atoms. The van der Waals surface area contributed by atoms with Gasteiger partial charge in [-0.2, -0.15) is 0 Å². The summed E-state index contributed by atoms with van der Waals surface area (Å²) in [7, 11) is 1.55. The van der Waals surface area contributed by atoms with Gasteiger partial charge in [-0.15, -0.1) is 0 Å². The van der Waals surface area contributed by atoms with Crippen molar-refractivity contribution >= 4 is 5.91 Å². The summed E-state index contributed by atoms with van der Waals surface area (Å²) in [5.74, 6) is -0.409. The molecule has 0 aromatic heterocycles. The van der Waals surface area contributed by atoms with Gasteiger partial charge >= 0.3 is 0 Å². The molecule has 0 saturated carbocycles. The number of aliphatic hydroxyl groups is 3. The van der Waals surface area contributed by atoms with Crippen molar-refractivity contribution in [2.24, 2.45) is 0 Å². The molecule has 0 heterocycles. The monoisotopic (exact) mass is 236 g/mol. The van der Waals surface area contributed by atoms with Gasteiger partial charge in [-0.3, -0.25) is 4.79 Å². The minimum absolute atomic E-state index is 0.0328. The van der Waals surface area contributed by atoms with Crippen molar-refractivity contribution in [1.82, 2.24) is 10.6 Å². The second-order valence-electron chi connectivity index (χ2n) is 3.47. The van der Waals surface area contributed by atoms with Gasteiger partial charge in [0.25, 0.3) is 0 Å². The molecule has 0 bridgehead atoms. The molecule has 0 atom stereocenters. The van der Waals surface area contributed by atoms with Gasteiger partial charge in [-0.05, 0) is 0 Å². The lowest BCUT2D eigenvalue weighted by molar-refractivity contribution is -0.124. The summed E-state index contributed by atoms with van der Waals surface area (Å²) in [5.41, 5.74) is -1.36. The van der Waals surface area contributed by atoms with Gasteiger partial charge in [0.05, 0.1) is 33.0 Å². The molecule has 0 spiro atoms. The van der Waals surface area contributed by atoms with Gasteiger partial charge in [0.1, 0.15) is 5.54 Å². The van der Waals surface area contributed by atoms with Gasteiger partial charge in [0.2, 0.25) is 5.91 Å². The van der Waals surface area contributed by atoms with E-state index < -0.39 is 31.3 Å². The van der Waals surface area contributed by atoms with Crippen molar-refractivity contribution in [2.75, 3.05) is 46.6 Å². The maximum absolute atomic E-state index is 11.4. The summed E-state index contributed by atoms with van der Waals surface area (Å²) in [6, 6.07) is 0. The summed E-state index contributed by atoms with van der Waals surface area (Å²) in [4.78, 5) is 11.4. The molecular formula is C9H20N2O5. The van der Waals surface area contributed by atoms with E-state index in [1.54, 1.807) is 7.11 Å². The number of hydrogen-bond acceptors (Lipinski definition) is 6. The smallest absolute Gasteiger partial charge is 0.234 e. The first-order valence-electron chi connectivity index (χ1n) is 4.97. The van der Waals surface area contributed by atoms with Crippen LogP contribution >= 0.6 is 0 Å². The van der Waals surface area contributed by atoms with Crippen LogP contribution in [0, 0.1) is 0 Å². The van der Waals surface area contributed by atoms with E-state index in [1.807, 2.05) is 0 Å². The molecule has 5 N–H and O–H groups in total. The number of methoxy groups -OCH3 is 1. The molecule has 0 aliphatic heterocycles. The van der Waals surface area contributed by atoms with E-state index in [0.717, 1.165) is 0 Å². The van der Waals surface area contributed by atoms with Crippen LogP contribution in [0.1, 0.15) is 0 Å². The van der Waals surface area contributed by atoms with Crippen LogP contribution in [0.4, 0.5) is 0 Å². The number of carbonyl (C=O) groups excluding carboxylic acids is 1. The van der Waals surface area contributed by atoms with Gasteiger partial charge in [0.15, 0.2) is 0 Å². The Balaban J connectivity index is 3.91. The van der Waals surface area contributed by atoms with Crippen molar-refractivity contribution in [1.29, 1.82) is 0 Å². The highest BCUT2D eigenvalue weighted by molar-refractivity contribution is 5.78. The Kier molecular flexibility index (Phi) is 8.04. The first-order chi connectivity index (χ1) is 7.64. The maximum atomic E-state index is 11.4. The Morgan fingerprint density at radius 3 is 2.25 bits per heavy atom. The van der Waals surface area contributed by atoms with Crippen LogP contribution in [0.25, 0.3) is 0 Å². The second-order valence-corrected chi connectivity index (χ2v) is 3.47. The lowest BCUT2D eigenvalue weighted by atomic mass is 10.0. The standard InChI is InChI=1S/C9H20N2O5/c1-16-3-2-10-4-8(15)11-9(5-12,6-13)7-14/h10,12-14H,2-7H2,1H3,(H,11,15). The molecule has 0 radical (unpaired) electrons. The Morgan fingerprint density at radius 2 is 1.81 bits per heavy atom. The average Bonchev–Trinajstić information content (AvgIpc) is 2.32. The van der Waals surface area contributed by atoms with Crippen molar-refractivity contribution in [3.63, 3.8) is 0 Å². The lowest BCUT2D eigenvalue weighted by Crippen LogP contribution is -2.58. The minimum atomic E-state index is -1.36. The number of amides is 1. The molecule has 0 aliphatic rings. The predicted octanol–water partition coefficient (Wildman–Crippen LogP) is -2.95. The molecule has 7 heteroatoms. The van der Waals surface area contributed by atoms with E-state index in [9.17, 15) is 4.79 Å². The molecule has 0 aliphatic carbocycles. The van der Waals surface area contributed by atoms with E-state index in [0.29, 0.717) is 13.2 Å². The van der Waals surface area contributed by atoms with E-state index in [4.69, 9.17) is 20.1 Å².